The molecule has 0 aliphatic carbocycles. The molecule has 0 amide bonds. The number of H-pyrrole nitrogens is 2. The first-order valence-electron chi connectivity index (χ1n) is 6.51. The third-order valence-corrected chi connectivity index (χ3v) is 3.99. The number of hydrogen-bond acceptors (Lipinski definition) is 1. The third kappa shape index (κ3) is 1.75. The van der Waals surface area contributed by atoms with Crippen LogP contribution in [0.4, 0.5) is 0 Å². The molecule has 4 aromatic rings. The van der Waals surface area contributed by atoms with Crippen molar-refractivity contribution in [2.45, 2.75) is 0 Å². The molecule has 2 aromatic heterocycles. The Hall–Kier alpha value is -2.39. The number of rotatable bonds is 2. The van der Waals surface area contributed by atoms with Crippen LogP contribution < -0.4 is 0 Å². The van der Waals surface area contributed by atoms with Gasteiger partial charge in [-0.05, 0) is 24.3 Å². The highest BCUT2D eigenvalue weighted by Crippen LogP contribution is 2.21. The Morgan fingerprint density at radius 2 is 1.15 bits per heavy atom. The molecule has 0 radical (unpaired) electrons. The summed E-state index contributed by atoms with van der Waals surface area (Å²) in [5, 5.41) is 2.36. The Kier molecular flexibility index (Phi) is 2.47. The molecule has 20 heavy (non-hydrogen) atoms. The maximum atomic E-state index is 5.61. The van der Waals surface area contributed by atoms with Gasteiger partial charge in [-0.15, -0.1) is 0 Å². The lowest BCUT2D eigenvalue weighted by Crippen LogP contribution is -1.99. The second-order valence-corrected chi connectivity index (χ2v) is 5.28. The van der Waals surface area contributed by atoms with Crippen molar-refractivity contribution in [3.63, 3.8) is 0 Å². The summed E-state index contributed by atoms with van der Waals surface area (Å²) in [6.07, 6.45) is 0. The second-order valence-electron chi connectivity index (χ2n) is 4.87. The Bertz CT molecular complexity index is 788. The molecule has 2 heterocycles. The van der Waals surface area contributed by atoms with Gasteiger partial charge in [-0.25, -0.2) is 0 Å². The van der Waals surface area contributed by atoms with Crippen LogP contribution in [-0.4, -0.2) is 14.8 Å². The van der Waals surface area contributed by atoms with Crippen molar-refractivity contribution >= 4 is 38.9 Å². The van der Waals surface area contributed by atoms with Crippen molar-refractivity contribution < 1.29 is 0 Å². The van der Waals surface area contributed by atoms with Crippen molar-refractivity contribution in [3.8, 4) is 0 Å². The molecule has 0 bridgehead atoms. The van der Waals surface area contributed by atoms with Crippen LogP contribution in [-0.2, 0) is 0 Å². The van der Waals surface area contributed by atoms with E-state index in [1.807, 2.05) is 24.3 Å². The van der Waals surface area contributed by atoms with Gasteiger partial charge in [-0.2, -0.15) is 0 Å². The molecule has 4 rings (SSSR count). The van der Waals surface area contributed by atoms with Gasteiger partial charge in [0.25, 0.3) is 0 Å². The van der Waals surface area contributed by atoms with Gasteiger partial charge in [0.15, 0.2) is 0 Å². The summed E-state index contributed by atoms with van der Waals surface area (Å²) >= 11 is 5.61. The molecule has 2 nitrogen and oxygen atoms in total. The minimum Gasteiger partial charge on any atom is -0.354 e. The minimum atomic E-state index is 0.817. The third-order valence-electron chi connectivity index (χ3n) is 3.55. The molecule has 0 saturated carbocycles. The van der Waals surface area contributed by atoms with E-state index in [9.17, 15) is 0 Å². The lowest BCUT2D eigenvalue weighted by atomic mass is 10.2. The molecule has 0 aliphatic rings. The fraction of sp³-hybridized carbons (Fsp3) is 0. The average Bonchev–Trinajstić information content (AvgIpc) is 3.10. The highest BCUT2D eigenvalue weighted by molar-refractivity contribution is 7.81. The van der Waals surface area contributed by atoms with E-state index >= 15 is 0 Å². The van der Waals surface area contributed by atoms with Crippen LogP contribution in [0.15, 0.2) is 60.7 Å². The molecule has 3 heteroatoms. The molecule has 96 valence electrons. The molecular formula is C17H12N2S. The van der Waals surface area contributed by atoms with E-state index in [0.29, 0.717) is 0 Å². The summed E-state index contributed by atoms with van der Waals surface area (Å²) in [4.78, 5) is 7.57. The van der Waals surface area contributed by atoms with E-state index in [2.05, 4.69) is 46.4 Å². The summed E-state index contributed by atoms with van der Waals surface area (Å²) in [6, 6.07) is 20.6. The van der Waals surface area contributed by atoms with E-state index in [1.54, 1.807) is 0 Å². The van der Waals surface area contributed by atoms with Crippen LogP contribution in [0.5, 0.6) is 0 Å². The van der Waals surface area contributed by atoms with E-state index < -0.39 is 0 Å². The lowest BCUT2D eigenvalue weighted by Gasteiger charge is -1.97. The first-order chi connectivity index (χ1) is 9.81. The van der Waals surface area contributed by atoms with E-state index in [4.69, 9.17) is 12.2 Å². The fourth-order valence-electron chi connectivity index (χ4n) is 2.54. The topological polar surface area (TPSA) is 31.6 Å². The number of para-hydroxylation sites is 2. The zero-order chi connectivity index (χ0) is 13.5. The molecule has 0 saturated heterocycles. The first-order valence-corrected chi connectivity index (χ1v) is 6.92. The summed E-state index contributed by atoms with van der Waals surface area (Å²) in [6.45, 7) is 0. The maximum absolute atomic E-state index is 5.61. The standard InChI is InChI=1S/C17H12N2S/c20-17(15-9-11-5-1-3-7-13(11)18-15)16-10-12-6-2-4-8-14(12)19-16/h1-10,18-19H. The van der Waals surface area contributed by atoms with Gasteiger partial charge in [-0.3, -0.25) is 0 Å². The summed E-state index contributed by atoms with van der Waals surface area (Å²) in [5.41, 5.74) is 4.18. The fourth-order valence-corrected chi connectivity index (χ4v) is 2.76. The SMILES string of the molecule is S=C(c1cc2ccccc2[nH]1)c1cc2ccccc2[nH]1. The average molecular weight is 276 g/mol. The first kappa shape index (κ1) is 11.4. The molecule has 0 spiro atoms. The van der Waals surface area contributed by atoms with Crippen molar-refractivity contribution in [3.05, 3.63) is 72.1 Å². The molecule has 0 atom stereocenters. The number of hydrogen-bond donors (Lipinski definition) is 2. The Morgan fingerprint density at radius 3 is 1.60 bits per heavy atom. The van der Waals surface area contributed by atoms with Crippen LogP contribution in [0.25, 0.3) is 21.8 Å². The molecule has 0 fully saturated rings. The van der Waals surface area contributed by atoms with Gasteiger partial charge in [0.2, 0.25) is 0 Å². The highest BCUT2D eigenvalue weighted by atomic mass is 32.1. The van der Waals surface area contributed by atoms with Crippen LogP contribution in [0.3, 0.4) is 0 Å². The van der Waals surface area contributed by atoms with Crippen molar-refractivity contribution in [2.75, 3.05) is 0 Å². The van der Waals surface area contributed by atoms with Crippen LogP contribution >= 0.6 is 12.2 Å². The van der Waals surface area contributed by atoms with Crippen molar-refractivity contribution in [1.82, 2.24) is 9.97 Å². The minimum absolute atomic E-state index is 0.817. The Morgan fingerprint density at radius 1 is 0.700 bits per heavy atom. The predicted octanol–water partition coefficient (Wildman–Crippen LogP) is 4.42. The number of aromatic amines is 2. The van der Waals surface area contributed by atoms with E-state index in [1.165, 1.54) is 10.8 Å². The zero-order valence-electron chi connectivity index (χ0n) is 10.7. The lowest BCUT2D eigenvalue weighted by molar-refractivity contribution is 1.39. The second kappa shape index (κ2) is 4.32. The largest absolute Gasteiger partial charge is 0.354 e. The number of benzene rings is 2. The Labute approximate surface area is 121 Å². The maximum Gasteiger partial charge on any atom is 0.0847 e. The summed E-state index contributed by atoms with van der Waals surface area (Å²) in [5.74, 6) is 0. The summed E-state index contributed by atoms with van der Waals surface area (Å²) in [7, 11) is 0. The molecule has 0 aliphatic heterocycles. The predicted molar refractivity (Wildman–Crippen MR) is 87.4 cm³/mol. The van der Waals surface area contributed by atoms with Gasteiger partial charge in [0.05, 0.1) is 16.3 Å². The monoisotopic (exact) mass is 276 g/mol. The number of fused-ring (bicyclic) bond motifs is 2. The number of nitrogens with one attached hydrogen (secondary N) is 2. The van der Waals surface area contributed by atoms with E-state index in [0.717, 1.165) is 27.3 Å². The number of aromatic nitrogens is 2. The smallest absolute Gasteiger partial charge is 0.0847 e. The van der Waals surface area contributed by atoms with Crippen LogP contribution in [0, 0.1) is 0 Å². The molecule has 0 unspecified atom stereocenters. The number of thiocarbonyl (C=S) groups is 1. The molecule has 2 N–H and O–H groups in total. The quantitative estimate of drug-likeness (QED) is 0.412. The van der Waals surface area contributed by atoms with Crippen LogP contribution in [0.2, 0.25) is 0 Å². The van der Waals surface area contributed by atoms with Crippen molar-refractivity contribution in [1.29, 1.82) is 0 Å². The van der Waals surface area contributed by atoms with Gasteiger partial charge >= 0.3 is 0 Å². The van der Waals surface area contributed by atoms with E-state index in [-0.39, 0.29) is 0 Å². The van der Waals surface area contributed by atoms with Crippen LogP contribution in [0.1, 0.15) is 11.4 Å². The molecule has 2 aromatic carbocycles. The van der Waals surface area contributed by atoms with Gasteiger partial charge in [0, 0.05) is 21.8 Å². The van der Waals surface area contributed by atoms with Crippen molar-refractivity contribution in [2.24, 2.45) is 0 Å². The Balaban J connectivity index is 1.82. The normalized spacial score (nSPS) is 11.2. The van der Waals surface area contributed by atoms with Gasteiger partial charge in [0.1, 0.15) is 0 Å². The summed E-state index contributed by atoms with van der Waals surface area (Å²) < 4.78 is 0. The molecular weight excluding hydrogens is 264 g/mol. The zero-order valence-corrected chi connectivity index (χ0v) is 11.5. The van der Waals surface area contributed by atoms with Gasteiger partial charge in [-0.1, -0.05) is 48.6 Å². The van der Waals surface area contributed by atoms with Gasteiger partial charge < -0.3 is 9.97 Å². The highest BCUT2D eigenvalue weighted by Gasteiger charge is 2.10.